The van der Waals surface area contributed by atoms with Gasteiger partial charge in [0.15, 0.2) is 5.69 Å². The van der Waals surface area contributed by atoms with Gasteiger partial charge in [0.1, 0.15) is 5.82 Å². The lowest BCUT2D eigenvalue weighted by Gasteiger charge is -2.09. The Labute approximate surface area is 117 Å². The minimum atomic E-state index is -4.54. The molecule has 0 saturated carbocycles. The fourth-order valence-electron chi connectivity index (χ4n) is 1.17. The number of hydrogen-bond acceptors (Lipinski definition) is 5. The van der Waals surface area contributed by atoms with E-state index in [1.165, 1.54) is 0 Å². The van der Waals surface area contributed by atoms with Crippen molar-refractivity contribution >= 4 is 29.2 Å². The Bertz CT molecular complexity index is 406. The fourth-order valence-corrected chi connectivity index (χ4v) is 2.14. The molecule has 0 unspecified atom stereocenters. The summed E-state index contributed by atoms with van der Waals surface area (Å²) in [5, 5.41) is 10.9. The molecule has 0 spiro atoms. The molecule has 1 aromatic heterocycles. The number of anilines is 1. The van der Waals surface area contributed by atoms with Crippen molar-refractivity contribution in [1.82, 2.24) is 9.97 Å². The second-order valence-electron chi connectivity index (χ2n) is 3.52. The molecule has 0 aliphatic heterocycles. The van der Waals surface area contributed by atoms with Crippen LogP contribution in [0.15, 0.2) is 6.07 Å². The molecule has 1 rings (SSSR count). The lowest BCUT2D eigenvalue weighted by atomic mass is 10.4. The highest BCUT2D eigenvalue weighted by atomic mass is 35.5. The average Bonchev–Trinajstić information content (AvgIpc) is 2.32. The van der Waals surface area contributed by atoms with Gasteiger partial charge < -0.3 is 10.4 Å². The van der Waals surface area contributed by atoms with Gasteiger partial charge in [-0.05, 0) is 23.8 Å². The topological polar surface area (TPSA) is 58.0 Å². The number of nitrogens with one attached hydrogen (secondary N) is 1. The number of thioether (sulfide) groups is 1. The third-order valence-electron chi connectivity index (χ3n) is 1.99. The van der Waals surface area contributed by atoms with E-state index in [0.29, 0.717) is 18.7 Å². The quantitative estimate of drug-likeness (QED) is 0.598. The van der Waals surface area contributed by atoms with Crippen molar-refractivity contribution in [2.24, 2.45) is 0 Å². The van der Waals surface area contributed by atoms with E-state index in [0.717, 1.165) is 11.8 Å². The molecule has 0 fully saturated rings. The van der Waals surface area contributed by atoms with Crippen molar-refractivity contribution in [3.8, 4) is 0 Å². The van der Waals surface area contributed by atoms with Crippen LogP contribution in [0, 0.1) is 0 Å². The van der Waals surface area contributed by atoms with E-state index in [1.54, 1.807) is 11.8 Å². The van der Waals surface area contributed by atoms with Crippen LogP contribution < -0.4 is 5.32 Å². The molecular weight excluding hydrogens is 303 g/mol. The molecule has 0 bridgehead atoms. The van der Waals surface area contributed by atoms with Crippen LogP contribution in [0.5, 0.6) is 0 Å². The van der Waals surface area contributed by atoms with Gasteiger partial charge in [-0.25, -0.2) is 9.97 Å². The number of aliphatic hydroxyl groups excluding tert-OH is 1. The van der Waals surface area contributed by atoms with Gasteiger partial charge in [-0.2, -0.15) is 24.9 Å². The lowest BCUT2D eigenvalue weighted by Crippen LogP contribution is -2.12. The van der Waals surface area contributed by atoms with Crippen LogP contribution in [0.4, 0.5) is 19.0 Å². The summed E-state index contributed by atoms with van der Waals surface area (Å²) in [6.07, 6.45) is -3.85. The first-order valence-corrected chi connectivity index (χ1v) is 7.01. The first-order chi connectivity index (χ1) is 8.93. The first kappa shape index (κ1) is 16.3. The van der Waals surface area contributed by atoms with Crippen LogP contribution in [0.1, 0.15) is 12.1 Å². The molecule has 0 radical (unpaired) electrons. The minimum absolute atomic E-state index is 0.0510. The van der Waals surface area contributed by atoms with Gasteiger partial charge in [-0.1, -0.05) is 0 Å². The zero-order chi connectivity index (χ0) is 14.3. The summed E-state index contributed by atoms with van der Waals surface area (Å²) in [4.78, 5) is 6.81. The van der Waals surface area contributed by atoms with Gasteiger partial charge in [-0.15, -0.1) is 0 Å². The predicted molar refractivity (Wildman–Crippen MR) is 69.6 cm³/mol. The van der Waals surface area contributed by atoms with Crippen molar-refractivity contribution < 1.29 is 18.3 Å². The Morgan fingerprint density at radius 1 is 1.32 bits per heavy atom. The van der Waals surface area contributed by atoms with E-state index in [-0.39, 0.29) is 12.4 Å². The van der Waals surface area contributed by atoms with E-state index < -0.39 is 17.2 Å². The van der Waals surface area contributed by atoms with Gasteiger partial charge in [0, 0.05) is 25.0 Å². The van der Waals surface area contributed by atoms with Crippen molar-refractivity contribution in [3.05, 3.63) is 17.0 Å². The summed E-state index contributed by atoms with van der Waals surface area (Å²) in [6.45, 7) is 0.595. The summed E-state index contributed by atoms with van der Waals surface area (Å²) >= 11 is 7.03. The summed E-state index contributed by atoms with van der Waals surface area (Å²) in [7, 11) is 0. The first-order valence-electron chi connectivity index (χ1n) is 5.47. The SMILES string of the molecule is OCCCSCCNc1cc(C(F)(F)F)nc(Cl)n1. The zero-order valence-electron chi connectivity index (χ0n) is 9.87. The summed E-state index contributed by atoms with van der Waals surface area (Å²) in [6, 6.07) is 0.824. The van der Waals surface area contributed by atoms with Gasteiger partial charge in [-0.3, -0.25) is 0 Å². The zero-order valence-corrected chi connectivity index (χ0v) is 11.4. The standard InChI is InChI=1S/C10H13ClF3N3OS/c11-9-16-7(10(12,13)14)6-8(17-9)15-2-5-19-4-1-3-18/h6,18H,1-5H2,(H,15,16,17). The molecule has 0 saturated heterocycles. The van der Waals surface area contributed by atoms with E-state index in [2.05, 4.69) is 15.3 Å². The second kappa shape index (κ2) is 7.76. The number of alkyl halides is 3. The molecule has 9 heteroatoms. The molecule has 4 nitrogen and oxygen atoms in total. The van der Waals surface area contributed by atoms with Gasteiger partial charge >= 0.3 is 6.18 Å². The Balaban J connectivity index is 2.48. The number of hydrogen-bond donors (Lipinski definition) is 2. The van der Waals surface area contributed by atoms with Crippen LogP contribution in [0.2, 0.25) is 5.28 Å². The Morgan fingerprint density at radius 2 is 2.05 bits per heavy atom. The lowest BCUT2D eigenvalue weighted by molar-refractivity contribution is -0.141. The number of halogens is 4. The maximum absolute atomic E-state index is 12.5. The molecule has 2 N–H and O–H groups in total. The number of rotatable bonds is 7. The van der Waals surface area contributed by atoms with Crippen LogP contribution in [-0.4, -0.2) is 39.7 Å². The number of nitrogens with zero attached hydrogens (tertiary/aromatic N) is 2. The summed E-state index contributed by atoms with van der Waals surface area (Å²) in [5.41, 5.74) is -1.07. The van der Waals surface area contributed by atoms with E-state index >= 15 is 0 Å². The molecule has 108 valence electrons. The van der Waals surface area contributed by atoms with Crippen LogP contribution >= 0.6 is 23.4 Å². The van der Waals surface area contributed by atoms with Crippen molar-refractivity contribution in [2.45, 2.75) is 12.6 Å². The molecular formula is C10H13ClF3N3OS. The highest BCUT2D eigenvalue weighted by molar-refractivity contribution is 7.99. The molecule has 0 aliphatic carbocycles. The highest BCUT2D eigenvalue weighted by Crippen LogP contribution is 2.29. The molecule has 1 heterocycles. The molecule has 0 atom stereocenters. The van der Waals surface area contributed by atoms with E-state index in [4.69, 9.17) is 16.7 Å². The monoisotopic (exact) mass is 315 g/mol. The highest BCUT2D eigenvalue weighted by Gasteiger charge is 2.33. The summed E-state index contributed by atoms with van der Waals surface area (Å²) in [5.74, 6) is 1.55. The Hall–Kier alpha value is -0.730. The third kappa shape index (κ3) is 6.31. The maximum Gasteiger partial charge on any atom is 0.433 e. The number of aromatic nitrogens is 2. The largest absolute Gasteiger partial charge is 0.433 e. The molecule has 0 aromatic carbocycles. The van der Waals surface area contributed by atoms with Crippen molar-refractivity contribution in [3.63, 3.8) is 0 Å². The Morgan fingerprint density at radius 3 is 2.68 bits per heavy atom. The van der Waals surface area contributed by atoms with Gasteiger partial charge in [0.25, 0.3) is 0 Å². The molecule has 19 heavy (non-hydrogen) atoms. The smallest absolute Gasteiger partial charge is 0.396 e. The predicted octanol–water partition coefficient (Wildman–Crippen LogP) is 2.68. The fraction of sp³-hybridized carbons (Fsp3) is 0.600. The minimum Gasteiger partial charge on any atom is -0.396 e. The molecule has 0 aliphatic rings. The van der Waals surface area contributed by atoms with Gasteiger partial charge in [0.2, 0.25) is 5.28 Å². The van der Waals surface area contributed by atoms with Crippen LogP contribution in [-0.2, 0) is 6.18 Å². The average molecular weight is 316 g/mol. The van der Waals surface area contributed by atoms with E-state index in [1.807, 2.05) is 0 Å². The molecule has 0 amide bonds. The van der Waals surface area contributed by atoms with E-state index in [9.17, 15) is 13.2 Å². The molecule has 1 aromatic rings. The van der Waals surface area contributed by atoms with Gasteiger partial charge in [0.05, 0.1) is 0 Å². The van der Waals surface area contributed by atoms with Crippen LogP contribution in [0.3, 0.4) is 0 Å². The van der Waals surface area contributed by atoms with Crippen molar-refractivity contribution in [1.29, 1.82) is 0 Å². The van der Waals surface area contributed by atoms with Crippen molar-refractivity contribution in [2.75, 3.05) is 30.0 Å². The maximum atomic E-state index is 12.5. The third-order valence-corrected chi connectivity index (χ3v) is 3.23. The second-order valence-corrected chi connectivity index (χ2v) is 5.08. The normalized spacial score (nSPS) is 11.6. The summed E-state index contributed by atoms with van der Waals surface area (Å²) < 4.78 is 37.4. The number of aliphatic hydroxyl groups is 1. The Kier molecular flexibility index (Phi) is 6.67. The van der Waals surface area contributed by atoms with Crippen LogP contribution in [0.25, 0.3) is 0 Å².